The van der Waals surface area contributed by atoms with Crippen molar-refractivity contribution in [2.75, 3.05) is 53.0 Å². The fraction of sp³-hybridized carbons (Fsp3) is 0.882. The van der Waals surface area contributed by atoms with Crippen molar-refractivity contribution in [1.82, 2.24) is 15.1 Å². The summed E-state index contributed by atoms with van der Waals surface area (Å²) in [6.07, 6.45) is 2.87. The Morgan fingerprint density at radius 2 is 1.96 bits per heavy atom. The predicted molar refractivity (Wildman–Crippen MR) is 110 cm³/mol. The van der Waals surface area contributed by atoms with Gasteiger partial charge in [-0.3, -0.25) is 9.79 Å². The highest BCUT2D eigenvalue weighted by Crippen LogP contribution is 2.16. The number of amides is 1. The highest BCUT2D eigenvalue weighted by molar-refractivity contribution is 14.0. The van der Waals surface area contributed by atoms with Gasteiger partial charge in [-0.15, -0.1) is 24.0 Å². The molecule has 1 unspecified atom stereocenters. The van der Waals surface area contributed by atoms with E-state index in [0.717, 1.165) is 64.6 Å². The molecule has 2 saturated heterocycles. The number of halogens is 1. The van der Waals surface area contributed by atoms with E-state index in [1.807, 2.05) is 18.7 Å². The number of aliphatic imine (C=N–C) groups is 1. The smallest absolute Gasteiger partial charge is 0.251 e. The van der Waals surface area contributed by atoms with Crippen molar-refractivity contribution < 1.29 is 14.3 Å². The first-order chi connectivity index (χ1) is 11.6. The largest absolute Gasteiger partial charge is 0.379 e. The molecule has 0 radical (unpaired) electrons. The van der Waals surface area contributed by atoms with E-state index in [2.05, 4.69) is 15.2 Å². The molecule has 2 rings (SSSR count). The first kappa shape index (κ1) is 22.4. The molecule has 2 fully saturated rings. The van der Waals surface area contributed by atoms with Gasteiger partial charge in [0.25, 0.3) is 5.91 Å². The molecular weight excluding hydrogens is 435 g/mol. The number of piperazine rings is 1. The normalized spacial score (nSPS) is 21.4. The Morgan fingerprint density at radius 3 is 2.52 bits per heavy atom. The molecule has 146 valence electrons. The topological polar surface area (TPSA) is 66.4 Å². The lowest BCUT2D eigenvalue weighted by atomic mass is 10.2. The van der Waals surface area contributed by atoms with E-state index in [1.165, 1.54) is 0 Å². The van der Waals surface area contributed by atoms with Gasteiger partial charge in [0.15, 0.2) is 5.96 Å². The zero-order chi connectivity index (χ0) is 17.4. The molecule has 0 aromatic heterocycles. The van der Waals surface area contributed by atoms with Crippen LogP contribution in [0.15, 0.2) is 4.99 Å². The van der Waals surface area contributed by atoms with Crippen LogP contribution in [0.5, 0.6) is 0 Å². The Bertz CT molecular complexity index is 420. The molecule has 1 atom stereocenters. The standard InChI is InChI=1S/C17H32N4O3.HI/c1-14(2)23-13-5-7-19-17(18-3)21-10-8-20(9-11-21)16(22)15-6-4-12-24-15;/h14-15H,4-13H2,1-3H3,(H,18,19);1H. The molecule has 7 nitrogen and oxygen atoms in total. The fourth-order valence-corrected chi connectivity index (χ4v) is 3.04. The second-order valence-electron chi connectivity index (χ2n) is 6.56. The van der Waals surface area contributed by atoms with Crippen LogP contribution in [0.3, 0.4) is 0 Å². The van der Waals surface area contributed by atoms with Crippen LogP contribution >= 0.6 is 24.0 Å². The van der Waals surface area contributed by atoms with Crippen LogP contribution in [-0.2, 0) is 14.3 Å². The van der Waals surface area contributed by atoms with Crippen LogP contribution < -0.4 is 5.32 Å². The van der Waals surface area contributed by atoms with Crippen LogP contribution in [0.1, 0.15) is 33.1 Å². The minimum Gasteiger partial charge on any atom is -0.379 e. The molecule has 1 N–H and O–H groups in total. The van der Waals surface area contributed by atoms with Crippen molar-refractivity contribution in [3.63, 3.8) is 0 Å². The molecule has 2 aliphatic heterocycles. The molecule has 2 heterocycles. The van der Waals surface area contributed by atoms with Gasteiger partial charge in [0.05, 0.1) is 6.10 Å². The number of carbonyl (C=O) groups is 1. The van der Waals surface area contributed by atoms with Crippen molar-refractivity contribution in [3.8, 4) is 0 Å². The van der Waals surface area contributed by atoms with Crippen molar-refractivity contribution >= 4 is 35.8 Å². The van der Waals surface area contributed by atoms with Gasteiger partial charge in [0.2, 0.25) is 0 Å². The van der Waals surface area contributed by atoms with Crippen molar-refractivity contribution in [2.24, 2.45) is 4.99 Å². The van der Waals surface area contributed by atoms with Gasteiger partial charge in [-0.1, -0.05) is 0 Å². The Morgan fingerprint density at radius 1 is 1.28 bits per heavy atom. The van der Waals surface area contributed by atoms with Gasteiger partial charge < -0.3 is 24.6 Å². The summed E-state index contributed by atoms with van der Waals surface area (Å²) in [5, 5.41) is 3.38. The minimum absolute atomic E-state index is 0. The number of guanidine groups is 1. The van der Waals surface area contributed by atoms with E-state index in [4.69, 9.17) is 9.47 Å². The summed E-state index contributed by atoms with van der Waals surface area (Å²) in [4.78, 5) is 20.9. The maximum Gasteiger partial charge on any atom is 0.251 e. The molecule has 0 spiro atoms. The van der Waals surface area contributed by atoms with E-state index >= 15 is 0 Å². The minimum atomic E-state index is -0.213. The van der Waals surface area contributed by atoms with E-state index < -0.39 is 0 Å². The number of ether oxygens (including phenoxy) is 2. The highest BCUT2D eigenvalue weighted by Gasteiger charge is 2.30. The molecule has 0 aliphatic carbocycles. The number of nitrogens with zero attached hydrogens (tertiary/aromatic N) is 3. The van der Waals surface area contributed by atoms with Gasteiger partial charge in [-0.25, -0.2) is 0 Å². The molecule has 0 saturated carbocycles. The molecule has 0 aromatic rings. The monoisotopic (exact) mass is 468 g/mol. The molecule has 8 heteroatoms. The van der Waals surface area contributed by atoms with Crippen molar-refractivity contribution in [1.29, 1.82) is 0 Å². The predicted octanol–water partition coefficient (Wildman–Crippen LogP) is 1.32. The second-order valence-corrected chi connectivity index (χ2v) is 6.56. The SMILES string of the molecule is CN=C(NCCCOC(C)C)N1CCN(C(=O)C2CCCO2)CC1.I. The fourth-order valence-electron chi connectivity index (χ4n) is 3.04. The van der Waals surface area contributed by atoms with E-state index in [9.17, 15) is 4.79 Å². The molecule has 1 amide bonds. The Kier molecular flexibility index (Phi) is 10.7. The summed E-state index contributed by atoms with van der Waals surface area (Å²) < 4.78 is 11.0. The molecule has 25 heavy (non-hydrogen) atoms. The lowest BCUT2D eigenvalue weighted by molar-refractivity contribution is -0.142. The highest BCUT2D eigenvalue weighted by atomic mass is 127. The first-order valence-corrected chi connectivity index (χ1v) is 9.09. The summed E-state index contributed by atoms with van der Waals surface area (Å²) in [5.41, 5.74) is 0. The summed E-state index contributed by atoms with van der Waals surface area (Å²) in [6, 6.07) is 0. The Hall–Kier alpha value is -0.610. The number of rotatable bonds is 6. The molecular formula is C17H33IN4O3. The third kappa shape index (κ3) is 7.26. The van der Waals surface area contributed by atoms with Crippen LogP contribution in [0.4, 0.5) is 0 Å². The Labute approximate surface area is 168 Å². The number of hydrogen-bond acceptors (Lipinski definition) is 4. The van der Waals surface area contributed by atoms with Gasteiger partial charge >= 0.3 is 0 Å². The molecule has 0 aromatic carbocycles. The number of nitrogens with one attached hydrogen (secondary N) is 1. The summed E-state index contributed by atoms with van der Waals surface area (Å²) in [7, 11) is 1.80. The van der Waals surface area contributed by atoms with Crippen LogP contribution in [0.25, 0.3) is 0 Å². The zero-order valence-corrected chi connectivity index (χ0v) is 18.0. The van der Waals surface area contributed by atoms with E-state index in [0.29, 0.717) is 6.61 Å². The quantitative estimate of drug-likeness (QED) is 0.276. The number of carbonyl (C=O) groups excluding carboxylic acids is 1. The summed E-state index contributed by atoms with van der Waals surface area (Å²) >= 11 is 0. The molecule has 2 aliphatic rings. The van der Waals surface area contributed by atoms with Crippen LogP contribution in [-0.4, -0.2) is 86.9 Å². The van der Waals surface area contributed by atoms with Gasteiger partial charge in [-0.2, -0.15) is 0 Å². The summed E-state index contributed by atoms with van der Waals surface area (Å²) in [5.74, 6) is 1.06. The van der Waals surface area contributed by atoms with E-state index in [-0.39, 0.29) is 42.1 Å². The lowest BCUT2D eigenvalue weighted by Gasteiger charge is -2.37. The van der Waals surface area contributed by atoms with Crippen LogP contribution in [0.2, 0.25) is 0 Å². The zero-order valence-electron chi connectivity index (χ0n) is 15.7. The van der Waals surface area contributed by atoms with E-state index in [1.54, 1.807) is 7.05 Å². The third-order valence-electron chi connectivity index (χ3n) is 4.36. The first-order valence-electron chi connectivity index (χ1n) is 9.09. The average Bonchev–Trinajstić information content (AvgIpc) is 3.12. The summed E-state index contributed by atoms with van der Waals surface area (Å²) in [6.45, 7) is 9.48. The number of hydrogen-bond donors (Lipinski definition) is 1. The van der Waals surface area contributed by atoms with Gasteiger partial charge in [0, 0.05) is 53.0 Å². The maximum absolute atomic E-state index is 12.4. The third-order valence-corrected chi connectivity index (χ3v) is 4.36. The molecule has 0 bridgehead atoms. The lowest BCUT2D eigenvalue weighted by Crippen LogP contribution is -2.55. The second kappa shape index (κ2) is 11.9. The van der Waals surface area contributed by atoms with Crippen molar-refractivity contribution in [3.05, 3.63) is 0 Å². The van der Waals surface area contributed by atoms with Crippen LogP contribution in [0, 0.1) is 0 Å². The average molecular weight is 468 g/mol. The maximum atomic E-state index is 12.4. The van der Waals surface area contributed by atoms with Gasteiger partial charge in [0.1, 0.15) is 6.10 Å². The van der Waals surface area contributed by atoms with Crippen molar-refractivity contribution in [2.45, 2.75) is 45.3 Å². The van der Waals surface area contributed by atoms with Gasteiger partial charge in [-0.05, 0) is 33.1 Å². The Balaban J connectivity index is 0.00000312.